The van der Waals surface area contributed by atoms with Crippen LogP contribution < -0.4 is 5.32 Å². The predicted octanol–water partition coefficient (Wildman–Crippen LogP) is 2.38. The Labute approximate surface area is 97.5 Å². The van der Waals surface area contributed by atoms with Crippen LogP contribution in [0.15, 0.2) is 41.4 Å². The Balaban J connectivity index is 2.06. The van der Waals surface area contributed by atoms with Crippen LogP contribution in [0.1, 0.15) is 10.5 Å². The first kappa shape index (κ1) is 10.8. The minimum atomic E-state index is -0.186. The molecule has 2 aromatic rings. The van der Waals surface area contributed by atoms with Crippen molar-refractivity contribution in [2.45, 2.75) is 4.90 Å². The number of H-pyrrole nitrogens is 1. The minimum absolute atomic E-state index is 0.186. The summed E-state index contributed by atoms with van der Waals surface area (Å²) in [7, 11) is 0. The summed E-state index contributed by atoms with van der Waals surface area (Å²) >= 11 is 1.67. The van der Waals surface area contributed by atoms with Gasteiger partial charge in [0.25, 0.3) is 5.91 Å². The molecule has 0 atom stereocenters. The number of amides is 1. The lowest BCUT2D eigenvalue weighted by molar-refractivity contribution is 0.102. The number of carbonyl (C=O) groups is 1. The van der Waals surface area contributed by atoms with Gasteiger partial charge in [-0.25, -0.2) is 0 Å². The van der Waals surface area contributed by atoms with Gasteiger partial charge in [-0.3, -0.25) is 9.89 Å². The van der Waals surface area contributed by atoms with Gasteiger partial charge in [0.2, 0.25) is 0 Å². The fourth-order valence-electron chi connectivity index (χ4n) is 1.26. The monoisotopic (exact) mass is 233 g/mol. The Morgan fingerprint density at radius 1 is 1.31 bits per heavy atom. The van der Waals surface area contributed by atoms with E-state index in [4.69, 9.17) is 0 Å². The molecule has 82 valence electrons. The van der Waals surface area contributed by atoms with Crippen molar-refractivity contribution < 1.29 is 4.79 Å². The molecule has 16 heavy (non-hydrogen) atoms. The van der Waals surface area contributed by atoms with Crippen LogP contribution in [0.25, 0.3) is 0 Å². The van der Waals surface area contributed by atoms with Crippen molar-refractivity contribution in [3.05, 3.63) is 42.2 Å². The molecule has 4 nitrogen and oxygen atoms in total. The third-order valence-corrected chi connectivity index (χ3v) is 2.84. The van der Waals surface area contributed by atoms with Gasteiger partial charge in [-0.05, 0) is 36.6 Å². The predicted molar refractivity (Wildman–Crippen MR) is 64.8 cm³/mol. The maximum atomic E-state index is 11.6. The highest BCUT2D eigenvalue weighted by Crippen LogP contribution is 2.17. The average molecular weight is 233 g/mol. The molecule has 0 saturated carbocycles. The second kappa shape index (κ2) is 4.85. The first-order valence-corrected chi connectivity index (χ1v) is 5.97. The second-order valence-electron chi connectivity index (χ2n) is 3.15. The average Bonchev–Trinajstić information content (AvgIpc) is 2.83. The number of benzene rings is 1. The van der Waals surface area contributed by atoms with E-state index < -0.39 is 0 Å². The number of aromatic amines is 1. The van der Waals surface area contributed by atoms with Gasteiger partial charge >= 0.3 is 0 Å². The summed E-state index contributed by atoms with van der Waals surface area (Å²) in [6.45, 7) is 0. The van der Waals surface area contributed by atoms with E-state index >= 15 is 0 Å². The zero-order valence-corrected chi connectivity index (χ0v) is 9.54. The van der Waals surface area contributed by atoms with Crippen LogP contribution in [-0.2, 0) is 0 Å². The Morgan fingerprint density at radius 2 is 2.06 bits per heavy atom. The summed E-state index contributed by atoms with van der Waals surface area (Å²) in [6, 6.07) is 9.31. The zero-order chi connectivity index (χ0) is 11.4. The molecule has 0 spiro atoms. The van der Waals surface area contributed by atoms with Gasteiger partial charge in [-0.2, -0.15) is 5.10 Å². The molecule has 2 N–H and O–H groups in total. The van der Waals surface area contributed by atoms with Crippen LogP contribution in [0.3, 0.4) is 0 Å². The summed E-state index contributed by atoms with van der Waals surface area (Å²) in [6.07, 6.45) is 3.56. The van der Waals surface area contributed by atoms with Crippen LogP contribution in [-0.4, -0.2) is 22.4 Å². The standard InChI is InChI=1S/C11H11N3OS/c1-16-9-4-2-8(3-5-9)13-11(15)10-6-7-12-14-10/h2-7H,1H3,(H,12,14)(H,13,15). The van der Waals surface area contributed by atoms with E-state index in [9.17, 15) is 4.79 Å². The van der Waals surface area contributed by atoms with E-state index in [1.54, 1.807) is 24.0 Å². The van der Waals surface area contributed by atoms with Gasteiger partial charge in [0.15, 0.2) is 0 Å². The Kier molecular flexibility index (Phi) is 3.26. The molecule has 0 radical (unpaired) electrons. The van der Waals surface area contributed by atoms with Gasteiger partial charge in [-0.15, -0.1) is 11.8 Å². The molecule has 2 rings (SSSR count). The van der Waals surface area contributed by atoms with E-state index in [0.29, 0.717) is 5.69 Å². The van der Waals surface area contributed by atoms with Gasteiger partial charge in [0.05, 0.1) is 0 Å². The number of carbonyl (C=O) groups excluding carboxylic acids is 1. The lowest BCUT2D eigenvalue weighted by Crippen LogP contribution is -2.12. The topological polar surface area (TPSA) is 57.8 Å². The molecule has 1 amide bonds. The van der Waals surface area contributed by atoms with Crippen molar-refractivity contribution in [3.63, 3.8) is 0 Å². The largest absolute Gasteiger partial charge is 0.321 e. The molecule has 0 saturated heterocycles. The van der Waals surface area contributed by atoms with E-state index in [0.717, 1.165) is 5.69 Å². The van der Waals surface area contributed by atoms with Gasteiger partial charge < -0.3 is 5.32 Å². The Morgan fingerprint density at radius 3 is 2.62 bits per heavy atom. The van der Waals surface area contributed by atoms with Crippen molar-refractivity contribution in [1.29, 1.82) is 0 Å². The summed E-state index contributed by atoms with van der Waals surface area (Å²) in [4.78, 5) is 12.8. The van der Waals surface area contributed by atoms with Crippen LogP contribution >= 0.6 is 11.8 Å². The summed E-state index contributed by atoms with van der Waals surface area (Å²) in [5.74, 6) is -0.186. The number of nitrogens with one attached hydrogen (secondary N) is 2. The molecule has 0 aliphatic rings. The number of rotatable bonds is 3. The van der Waals surface area contributed by atoms with Crippen LogP contribution in [0.2, 0.25) is 0 Å². The fraction of sp³-hybridized carbons (Fsp3) is 0.0909. The molecule has 0 bridgehead atoms. The number of aromatic nitrogens is 2. The Bertz CT molecular complexity index is 464. The maximum Gasteiger partial charge on any atom is 0.273 e. The minimum Gasteiger partial charge on any atom is -0.321 e. The summed E-state index contributed by atoms with van der Waals surface area (Å²) in [5.41, 5.74) is 1.23. The molecule has 0 fully saturated rings. The van der Waals surface area contributed by atoms with Crippen LogP contribution in [0.4, 0.5) is 5.69 Å². The molecule has 1 aromatic heterocycles. The quantitative estimate of drug-likeness (QED) is 0.800. The van der Waals surface area contributed by atoms with Gasteiger partial charge in [-0.1, -0.05) is 0 Å². The molecule has 0 aliphatic heterocycles. The smallest absolute Gasteiger partial charge is 0.273 e. The molecule has 1 heterocycles. The first-order valence-electron chi connectivity index (χ1n) is 4.74. The number of anilines is 1. The van der Waals surface area contributed by atoms with Crippen molar-refractivity contribution in [2.24, 2.45) is 0 Å². The third-order valence-electron chi connectivity index (χ3n) is 2.09. The molecular weight excluding hydrogens is 222 g/mol. The number of thioether (sulfide) groups is 1. The van der Waals surface area contributed by atoms with E-state index in [1.807, 2.05) is 30.5 Å². The SMILES string of the molecule is CSc1ccc(NC(=O)c2ccn[nH]2)cc1. The lowest BCUT2D eigenvalue weighted by atomic mass is 10.3. The van der Waals surface area contributed by atoms with Crippen molar-refractivity contribution in [3.8, 4) is 0 Å². The zero-order valence-electron chi connectivity index (χ0n) is 8.73. The number of hydrogen-bond acceptors (Lipinski definition) is 3. The third kappa shape index (κ3) is 2.43. The highest BCUT2D eigenvalue weighted by molar-refractivity contribution is 7.98. The van der Waals surface area contributed by atoms with Crippen LogP contribution in [0, 0.1) is 0 Å². The molecular formula is C11H11N3OS. The van der Waals surface area contributed by atoms with Crippen molar-refractivity contribution in [2.75, 3.05) is 11.6 Å². The van der Waals surface area contributed by atoms with E-state index in [-0.39, 0.29) is 5.91 Å². The summed E-state index contributed by atoms with van der Waals surface area (Å²) in [5, 5.41) is 9.11. The van der Waals surface area contributed by atoms with E-state index in [2.05, 4.69) is 15.5 Å². The Hall–Kier alpha value is -1.75. The molecule has 0 unspecified atom stereocenters. The number of nitrogens with zero attached hydrogens (tertiary/aromatic N) is 1. The normalized spacial score (nSPS) is 10.1. The highest BCUT2D eigenvalue weighted by atomic mass is 32.2. The first-order chi connectivity index (χ1) is 7.79. The lowest BCUT2D eigenvalue weighted by Gasteiger charge is -2.03. The second-order valence-corrected chi connectivity index (χ2v) is 4.03. The molecule has 5 heteroatoms. The van der Waals surface area contributed by atoms with Gasteiger partial charge in [0, 0.05) is 16.8 Å². The van der Waals surface area contributed by atoms with Crippen molar-refractivity contribution >= 4 is 23.4 Å². The van der Waals surface area contributed by atoms with E-state index in [1.165, 1.54) is 4.90 Å². The maximum absolute atomic E-state index is 11.6. The molecule has 0 aliphatic carbocycles. The summed E-state index contributed by atoms with van der Waals surface area (Å²) < 4.78 is 0. The fourth-order valence-corrected chi connectivity index (χ4v) is 1.66. The van der Waals surface area contributed by atoms with Gasteiger partial charge in [0.1, 0.15) is 5.69 Å². The highest BCUT2D eigenvalue weighted by Gasteiger charge is 2.06. The number of hydrogen-bond donors (Lipinski definition) is 2. The van der Waals surface area contributed by atoms with Crippen molar-refractivity contribution in [1.82, 2.24) is 10.2 Å². The van der Waals surface area contributed by atoms with Crippen LogP contribution in [0.5, 0.6) is 0 Å². The molecule has 1 aromatic carbocycles.